The average molecular weight is 477 g/mol. The van der Waals surface area contributed by atoms with Gasteiger partial charge >= 0.3 is 13.4 Å². The highest BCUT2D eigenvalue weighted by Crippen LogP contribution is 2.43. The molecule has 0 bridgehead atoms. The Balaban J connectivity index is 2.89. The molecule has 0 heterocycles. The van der Waals surface area contributed by atoms with E-state index in [0.29, 0.717) is 29.3 Å². The van der Waals surface area contributed by atoms with Gasteiger partial charge in [-0.2, -0.15) is 4.39 Å². The third-order valence-corrected chi connectivity index (χ3v) is 5.46. The number of nitrogens with zero attached hydrogens (tertiary/aromatic N) is 1. The van der Waals surface area contributed by atoms with Gasteiger partial charge in [-0.25, -0.2) is 10.2 Å². The van der Waals surface area contributed by atoms with Gasteiger partial charge in [0.2, 0.25) is 5.82 Å². The lowest BCUT2D eigenvalue weighted by Crippen LogP contribution is -2.27. The Morgan fingerprint density at radius 2 is 1.91 bits per heavy atom. The minimum atomic E-state index is -3.34. The molecule has 7 nitrogen and oxygen atoms in total. The van der Waals surface area contributed by atoms with Crippen LogP contribution in [0.1, 0.15) is 18.6 Å². The monoisotopic (exact) mass is 475 g/mol. The number of nitrogens with one attached hydrogen (secondary N) is 2. The van der Waals surface area contributed by atoms with Gasteiger partial charge in [0.05, 0.1) is 11.0 Å². The Labute approximate surface area is 150 Å². The molecule has 1 aromatic rings. The van der Waals surface area contributed by atoms with Gasteiger partial charge in [-0.1, -0.05) is 31.9 Å². The van der Waals surface area contributed by atoms with Gasteiger partial charge in [-0.3, -0.25) is 19.2 Å². The molecule has 0 radical (unpaired) electrons. The maximum Gasteiger partial charge on any atom is 0.341 e. The van der Waals surface area contributed by atoms with Gasteiger partial charge in [0, 0.05) is 29.8 Å². The number of hydrogen-bond donors (Lipinski definition) is 2. The third kappa shape index (κ3) is 6.56. The molecule has 0 aliphatic carbocycles. The molecule has 0 saturated heterocycles. The van der Waals surface area contributed by atoms with Crippen molar-refractivity contribution in [3.05, 3.63) is 39.7 Å². The van der Waals surface area contributed by atoms with Crippen LogP contribution >= 0.6 is 39.5 Å². The molecule has 1 rings (SSSR count). The zero-order valence-corrected chi connectivity index (χ0v) is 16.4. The first-order chi connectivity index (χ1) is 10.8. The molecule has 0 aromatic heterocycles. The number of hydrogen-bond acceptors (Lipinski definition) is 4. The van der Waals surface area contributed by atoms with Crippen LogP contribution in [-0.2, 0) is 9.09 Å². The number of nitro groups is 1. The summed E-state index contributed by atoms with van der Waals surface area (Å²) in [5.41, 5.74) is -0.256. The Kier molecular flexibility index (Phi) is 8.81. The van der Waals surface area contributed by atoms with Gasteiger partial charge in [0.15, 0.2) is 0 Å². The van der Waals surface area contributed by atoms with Crippen molar-refractivity contribution in [2.45, 2.75) is 13.0 Å². The molecular formula is C12H17Br2FN3O4P. The van der Waals surface area contributed by atoms with Crippen molar-refractivity contribution < 1.29 is 18.4 Å². The Bertz CT molecular complexity index is 581. The average Bonchev–Trinajstić information content (AvgIpc) is 2.50. The van der Waals surface area contributed by atoms with Crippen LogP contribution in [0, 0.1) is 15.9 Å². The highest BCUT2D eigenvalue weighted by atomic mass is 79.9. The second-order valence-corrected chi connectivity index (χ2v) is 7.99. The van der Waals surface area contributed by atoms with E-state index >= 15 is 0 Å². The van der Waals surface area contributed by atoms with E-state index in [9.17, 15) is 19.1 Å². The maximum absolute atomic E-state index is 13.7. The number of alkyl halides is 2. The van der Waals surface area contributed by atoms with E-state index < -0.39 is 30.2 Å². The number of nitro benzene ring substituents is 1. The molecule has 0 aliphatic rings. The van der Waals surface area contributed by atoms with Crippen molar-refractivity contribution in [1.29, 1.82) is 0 Å². The molecule has 0 aliphatic heterocycles. The summed E-state index contributed by atoms with van der Waals surface area (Å²) in [5.74, 6) is -0.959. The van der Waals surface area contributed by atoms with E-state index in [4.69, 9.17) is 4.52 Å². The van der Waals surface area contributed by atoms with Crippen LogP contribution in [0.5, 0.6) is 0 Å². The van der Waals surface area contributed by atoms with Crippen molar-refractivity contribution in [3.8, 4) is 0 Å². The van der Waals surface area contributed by atoms with Crippen LogP contribution in [0.4, 0.5) is 10.1 Å². The number of benzene rings is 1. The van der Waals surface area contributed by atoms with Crippen molar-refractivity contribution in [2.24, 2.45) is 0 Å². The van der Waals surface area contributed by atoms with E-state index in [1.807, 2.05) is 0 Å². The van der Waals surface area contributed by atoms with Crippen LogP contribution in [-0.4, -0.2) is 28.7 Å². The van der Waals surface area contributed by atoms with Gasteiger partial charge in [0.25, 0.3) is 0 Å². The fourth-order valence-electron chi connectivity index (χ4n) is 1.72. The van der Waals surface area contributed by atoms with Gasteiger partial charge < -0.3 is 0 Å². The first kappa shape index (κ1) is 20.7. The smallest absolute Gasteiger partial charge is 0.298 e. The summed E-state index contributed by atoms with van der Waals surface area (Å²) >= 11 is 6.45. The minimum absolute atomic E-state index is 0.356. The predicted molar refractivity (Wildman–Crippen MR) is 93.8 cm³/mol. The summed E-state index contributed by atoms with van der Waals surface area (Å²) in [5, 5.41) is 17.3. The third-order valence-electron chi connectivity index (χ3n) is 2.77. The Morgan fingerprint density at radius 3 is 2.35 bits per heavy atom. The topological polar surface area (TPSA) is 93.5 Å². The second kappa shape index (κ2) is 9.80. The molecule has 1 atom stereocenters. The van der Waals surface area contributed by atoms with Crippen molar-refractivity contribution in [1.82, 2.24) is 10.2 Å². The van der Waals surface area contributed by atoms with E-state index in [2.05, 4.69) is 42.0 Å². The second-order valence-electron chi connectivity index (χ2n) is 4.46. The zero-order valence-electron chi connectivity index (χ0n) is 12.3. The van der Waals surface area contributed by atoms with Crippen LogP contribution in [0.25, 0.3) is 0 Å². The molecule has 11 heteroatoms. The lowest BCUT2D eigenvalue weighted by atomic mass is 10.1. The molecular weight excluding hydrogens is 460 g/mol. The quantitative estimate of drug-likeness (QED) is 0.230. The zero-order chi connectivity index (χ0) is 17.5. The molecule has 0 spiro atoms. The molecule has 0 fully saturated rings. The summed E-state index contributed by atoms with van der Waals surface area (Å²) in [7, 11) is -3.34. The highest BCUT2D eigenvalue weighted by Gasteiger charge is 2.26. The van der Waals surface area contributed by atoms with Crippen molar-refractivity contribution >= 4 is 45.2 Å². The SMILES string of the molecule is C[C@H](OP(=O)(NCCBr)NCCBr)c1ccc([N+](=O)[O-])c(F)c1. The van der Waals surface area contributed by atoms with E-state index in [0.717, 1.165) is 12.1 Å². The van der Waals surface area contributed by atoms with Crippen molar-refractivity contribution in [3.63, 3.8) is 0 Å². The summed E-state index contributed by atoms with van der Waals surface area (Å²) in [6, 6.07) is 3.46. The molecule has 130 valence electrons. The summed E-state index contributed by atoms with van der Waals surface area (Å²) in [6.45, 7) is 2.42. The minimum Gasteiger partial charge on any atom is -0.298 e. The number of rotatable bonds is 10. The molecule has 2 N–H and O–H groups in total. The lowest BCUT2D eigenvalue weighted by Gasteiger charge is -2.24. The highest BCUT2D eigenvalue weighted by molar-refractivity contribution is 9.09. The summed E-state index contributed by atoms with van der Waals surface area (Å²) in [4.78, 5) is 9.83. The first-order valence-corrected chi connectivity index (χ1v) is 10.5. The Morgan fingerprint density at radius 1 is 1.35 bits per heavy atom. The fourth-order valence-corrected chi connectivity index (χ4v) is 4.37. The molecule has 0 saturated carbocycles. The van der Waals surface area contributed by atoms with E-state index in [1.54, 1.807) is 6.92 Å². The van der Waals surface area contributed by atoms with Crippen LogP contribution < -0.4 is 10.2 Å². The predicted octanol–water partition coefficient (Wildman–Crippen LogP) is 3.89. The van der Waals surface area contributed by atoms with Gasteiger partial charge in [0.1, 0.15) is 0 Å². The molecule has 0 unspecified atom stereocenters. The van der Waals surface area contributed by atoms with Gasteiger partial charge in [-0.15, -0.1) is 0 Å². The van der Waals surface area contributed by atoms with Crippen LogP contribution in [0.3, 0.4) is 0 Å². The molecule has 0 amide bonds. The van der Waals surface area contributed by atoms with Crippen molar-refractivity contribution in [2.75, 3.05) is 23.7 Å². The largest absolute Gasteiger partial charge is 0.341 e. The van der Waals surface area contributed by atoms with E-state index in [1.165, 1.54) is 6.07 Å². The summed E-state index contributed by atoms with van der Waals surface area (Å²) < 4.78 is 31.9. The first-order valence-electron chi connectivity index (χ1n) is 6.67. The number of halogens is 3. The molecule has 23 heavy (non-hydrogen) atoms. The standard InChI is InChI=1S/C12H17Br2FN3O4P/c1-9(10-2-3-12(18(19)20)11(15)8-10)22-23(21,16-6-4-13)17-7-5-14/h2-3,8-9H,4-7H2,1H3,(H2,16,17,21)/t9-/m0/s1. The van der Waals surface area contributed by atoms with Crippen LogP contribution in [0.15, 0.2) is 18.2 Å². The van der Waals surface area contributed by atoms with E-state index in [-0.39, 0.29) is 0 Å². The fraction of sp³-hybridized carbons (Fsp3) is 0.500. The maximum atomic E-state index is 13.7. The van der Waals surface area contributed by atoms with Crippen LogP contribution in [0.2, 0.25) is 0 Å². The van der Waals surface area contributed by atoms with Gasteiger partial charge in [-0.05, 0) is 24.6 Å². The normalized spacial score (nSPS) is 13.0. The molecule has 1 aromatic carbocycles. The Hall–Kier alpha value is -0.380. The lowest BCUT2D eigenvalue weighted by molar-refractivity contribution is -0.387. The summed E-state index contributed by atoms with van der Waals surface area (Å²) in [6.07, 6.45) is -0.721.